The minimum Gasteiger partial charge on any atom is -0.481 e. The molecule has 3 atom stereocenters. The first kappa shape index (κ1) is 14.2. The number of ether oxygens (including phenoxy) is 1. The van der Waals surface area contributed by atoms with Gasteiger partial charge in [0.1, 0.15) is 6.04 Å². The van der Waals surface area contributed by atoms with Crippen LogP contribution in [0.15, 0.2) is 12.2 Å². The van der Waals surface area contributed by atoms with Crippen LogP contribution in [0.1, 0.15) is 19.8 Å². The summed E-state index contributed by atoms with van der Waals surface area (Å²) in [4.78, 5) is 34.1. The second-order valence-electron chi connectivity index (χ2n) is 4.25. The molecule has 0 aliphatic heterocycles. The van der Waals surface area contributed by atoms with Gasteiger partial charge in [-0.2, -0.15) is 0 Å². The fraction of sp³-hybridized carbons (Fsp3) is 0.583. The topological polar surface area (TPSA) is 92.7 Å². The maximum atomic E-state index is 11.9. The minimum absolute atomic E-state index is 0.333. The van der Waals surface area contributed by atoms with Crippen molar-refractivity contribution in [2.24, 2.45) is 11.8 Å². The number of carboxylic acids is 1. The van der Waals surface area contributed by atoms with E-state index in [1.165, 1.54) is 14.0 Å². The molecular weight excluding hydrogens is 238 g/mol. The zero-order valence-electron chi connectivity index (χ0n) is 10.4. The molecule has 6 heteroatoms. The maximum absolute atomic E-state index is 11.9. The molecular formula is C12H17NO5. The first-order valence-corrected chi connectivity index (χ1v) is 5.73. The van der Waals surface area contributed by atoms with Crippen molar-refractivity contribution in [2.45, 2.75) is 25.8 Å². The number of nitrogens with one attached hydrogen (secondary N) is 1. The predicted octanol–water partition coefficient (Wildman–Crippen LogP) is 0.331. The van der Waals surface area contributed by atoms with Gasteiger partial charge < -0.3 is 15.2 Å². The van der Waals surface area contributed by atoms with Crippen molar-refractivity contribution in [1.82, 2.24) is 5.32 Å². The molecule has 2 N–H and O–H groups in total. The summed E-state index contributed by atoms with van der Waals surface area (Å²) in [6.07, 6.45) is 4.25. The van der Waals surface area contributed by atoms with E-state index >= 15 is 0 Å². The molecule has 0 spiro atoms. The Morgan fingerprint density at radius 2 is 1.83 bits per heavy atom. The molecule has 100 valence electrons. The van der Waals surface area contributed by atoms with E-state index in [0.29, 0.717) is 12.8 Å². The fourth-order valence-corrected chi connectivity index (χ4v) is 1.93. The van der Waals surface area contributed by atoms with Crippen LogP contribution in [-0.4, -0.2) is 36.1 Å². The van der Waals surface area contributed by atoms with Gasteiger partial charge in [-0.1, -0.05) is 12.2 Å². The number of amides is 1. The number of methoxy groups -OCH3 is 1. The normalized spacial score (nSPS) is 24.1. The van der Waals surface area contributed by atoms with Crippen molar-refractivity contribution in [1.29, 1.82) is 0 Å². The van der Waals surface area contributed by atoms with Crippen LogP contribution < -0.4 is 5.32 Å². The SMILES string of the molecule is COC(=O)C(C)NC(=O)[C@@H]1CC=CC[C@@H]1C(=O)O. The zero-order valence-corrected chi connectivity index (χ0v) is 10.4. The number of allylic oxidation sites excluding steroid dienone is 2. The Labute approximate surface area is 105 Å². The van der Waals surface area contributed by atoms with Crippen LogP contribution >= 0.6 is 0 Å². The summed E-state index contributed by atoms with van der Waals surface area (Å²) in [5.74, 6) is -3.35. The lowest BCUT2D eigenvalue weighted by molar-refractivity contribution is -0.149. The van der Waals surface area contributed by atoms with Crippen molar-refractivity contribution < 1.29 is 24.2 Å². The average molecular weight is 255 g/mol. The van der Waals surface area contributed by atoms with Gasteiger partial charge in [0.05, 0.1) is 18.9 Å². The summed E-state index contributed by atoms with van der Waals surface area (Å²) in [6, 6.07) is -0.775. The molecule has 0 radical (unpaired) electrons. The van der Waals surface area contributed by atoms with Gasteiger partial charge in [0.2, 0.25) is 5.91 Å². The number of aliphatic carboxylic acids is 1. The summed E-state index contributed by atoms with van der Waals surface area (Å²) >= 11 is 0. The quantitative estimate of drug-likeness (QED) is 0.558. The summed E-state index contributed by atoms with van der Waals surface area (Å²) in [5, 5.41) is 11.5. The van der Waals surface area contributed by atoms with Gasteiger partial charge in [-0.05, 0) is 19.8 Å². The van der Waals surface area contributed by atoms with Gasteiger partial charge in [0.25, 0.3) is 0 Å². The minimum atomic E-state index is -0.995. The van der Waals surface area contributed by atoms with Crippen LogP contribution in [0.3, 0.4) is 0 Å². The van der Waals surface area contributed by atoms with E-state index in [1.54, 1.807) is 12.2 Å². The monoisotopic (exact) mass is 255 g/mol. The number of carboxylic acid groups (broad SMARTS) is 1. The number of hydrogen-bond acceptors (Lipinski definition) is 4. The lowest BCUT2D eigenvalue weighted by Crippen LogP contribution is -2.45. The second-order valence-corrected chi connectivity index (χ2v) is 4.25. The molecule has 0 aromatic carbocycles. The Morgan fingerprint density at radius 3 is 2.33 bits per heavy atom. The van der Waals surface area contributed by atoms with Crippen molar-refractivity contribution >= 4 is 17.8 Å². The summed E-state index contributed by atoms with van der Waals surface area (Å²) in [7, 11) is 1.23. The van der Waals surface area contributed by atoms with Crippen molar-refractivity contribution in [2.75, 3.05) is 7.11 Å². The third-order valence-electron chi connectivity index (χ3n) is 3.00. The van der Waals surface area contributed by atoms with Gasteiger partial charge >= 0.3 is 11.9 Å². The van der Waals surface area contributed by atoms with Gasteiger partial charge in [-0.15, -0.1) is 0 Å². The van der Waals surface area contributed by atoms with Crippen LogP contribution in [0.5, 0.6) is 0 Å². The van der Waals surface area contributed by atoms with E-state index in [-0.39, 0.29) is 0 Å². The Hall–Kier alpha value is -1.85. The third kappa shape index (κ3) is 3.32. The van der Waals surface area contributed by atoms with E-state index in [9.17, 15) is 14.4 Å². The first-order valence-electron chi connectivity index (χ1n) is 5.73. The first-order chi connectivity index (χ1) is 8.47. The van der Waals surface area contributed by atoms with Crippen LogP contribution in [-0.2, 0) is 19.1 Å². The molecule has 1 amide bonds. The molecule has 1 unspecified atom stereocenters. The number of carbonyl (C=O) groups excluding carboxylic acids is 2. The number of rotatable bonds is 4. The fourth-order valence-electron chi connectivity index (χ4n) is 1.93. The lowest BCUT2D eigenvalue weighted by Gasteiger charge is -2.25. The number of hydrogen-bond donors (Lipinski definition) is 2. The molecule has 1 rings (SSSR count). The smallest absolute Gasteiger partial charge is 0.328 e. The van der Waals surface area contributed by atoms with Crippen molar-refractivity contribution in [3.8, 4) is 0 Å². The van der Waals surface area contributed by atoms with E-state index < -0.39 is 35.7 Å². The lowest BCUT2D eigenvalue weighted by atomic mass is 9.82. The predicted molar refractivity (Wildman–Crippen MR) is 62.6 cm³/mol. The van der Waals surface area contributed by atoms with Gasteiger partial charge in [-0.3, -0.25) is 9.59 Å². The summed E-state index contributed by atoms with van der Waals surface area (Å²) in [5.41, 5.74) is 0. The van der Waals surface area contributed by atoms with Crippen molar-refractivity contribution in [3.63, 3.8) is 0 Å². The maximum Gasteiger partial charge on any atom is 0.328 e. The highest BCUT2D eigenvalue weighted by Crippen LogP contribution is 2.26. The Balaban J connectivity index is 2.67. The highest BCUT2D eigenvalue weighted by molar-refractivity contribution is 5.88. The molecule has 0 saturated heterocycles. The standard InChI is InChI=1S/C12H17NO5/c1-7(12(17)18-2)13-10(14)8-5-3-4-6-9(8)11(15)16/h3-4,7-9H,5-6H2,1-2H3,(H,13,14)(H,15,16)/t7?,8-,9+/m1/s1. The zero-order chi connectivity index (χ0) is 13.7. The molecule has 0 saturated carbocycles. The molecule has 18 heavy (non-hydrogen) atoms. The van der Waals surface area contributed by atoms with Gasteiger partial charge in [0.15, 0.2) is 0 Å². The van der Waals surface area contributed by atoms with Gasteiger partial charge in [0, 0.05) is 0 Å². The Bertz CT molecular complexity index is 377. The molecule has 0 aromatic heterocycles. The average Bonchev–Trinajstić information content (AvgIpc) is 2.37. The molecule has 0 aromatic rings. The van der Waals surface area contributed by atoms with Gasteiger partial charge in [-0.25, -0.2) is 4.79 Å². The highest BCUT2D eigenvalue weighted by Gasteiger charge is 2.34. The third-order valence-corrected chi connectivity index (χ3v) is 3.00. The van der Waals surface area contributed by atoms with Crippen LogP contribution in [0.2, 0.25) is 0 Å². The highest BCUT2D eigenvalue weighted by atomic mass is 16.5. The summed E-state index contributed by atoms with van der Waals surface area (Å²) < 4.78 is 4.49. The second kappa shape index (κ2) is 6.18. The largest absolute Gasteiger partial charge is 0.481 e. The molecule has 0 fully saturated rings. The molecule has 1 aliphatic rings. The van der Waals surface area contributed by atoms with Crippen LogP contribution in [0.25, 0.3) is 0 Å². The van der Waals surface area contributed by atoms with Crippen LogP contribution in [0, 0.1) is 11.8 Å². The Kier molecular flexibility index (Phi) is 4.88. The van der Waals surface area contributed by atoms with E-state index in [2.05, 4.69) is 10.1 Å². The number of carbonyl (C=O) groups is 3. The van der Waals surface area contributed by atoms with E-state index in [0.717, 1.165) is 0 Å². The van der Waals surface area contributed by atoms with Crippen molar-refractivity contribution in [3.05, 3.63) is 12.2 Å². The molecule has 0 bridgehead atoms. The molecule has 0 heterocycles. The van der Waals surface area contributed by atoms with Crippen LogP contribution in [0.4, 0.5) is 0 Å². The number of esters is 1. The van der Waals surface area contributed by atoms with E-state index in [4.69, 9.17) is 5.11 Å². The molecule has 6 nitrogen and oxygen atoms in total. The molecule has 1 aliphatic carbocycles. The Morgan fingerprint density at radius 1 is 1.28 bits per heavy atom. The summed E-state index contributed by atoms with van der Waals surface area (Å²) in [6.45, 7) is 1.50. The van der Waals surface area contributed by atoms with E-state index in [1.807, 2.05) is 0 Å².